The summed E-state index contributed by atoms with van der Waals surface area (Å²) in [6.07, 6.45) is 6.56. The van der Waals surface area contributed by atoms with E-state index in [-0.39, 0.29) is 0 Å². The van der Waals surface area contributed by atoms with Gasteiger partial charge in [-0.1, -0.05) is 6.08 Å². The maximum Gasteiger partial charge on any atom is 0.119 e. The standard InChI is InChI=1S/C14H20O2/c1-3-4-5-6-7-12-16-14-10-8-13(15-2)9-11-14/h3,8-11H,1,4-7,12H2,2H3. The number of hydrogen-bond donors (Lipinski definition) is 0. The third-order valence-electron chi connectivity index (χ3n) is 2.38. The highest BCUT2D eigenvalue weighted by Crippen LogP contribution is 2.17. The molecule has 0 N–H and O–H groups in total. The summed E-state index contributed by atoms with van der Waals surface area (Å²) in [5.74, 6) is 1.77. The van der Waals surface area contributed by atoms with Crippen molar-refractivity contribution in [2.45, 2.75) is 25.7 Å². The van der Waals surface area contributed by atoms with E-state index in [4.69, 9.17) is 9.47 Å². The van der Waals surface area contributed by atoms with Crippen LogP contribution in [0.1, 0.15) is 25.7 Å². The summed E-state index contributed by atoms with van der Waals surface area (Å²) in [5, 5.41) is 0. The maximum absolute atomic E-state index is 5.60. The molecule has 0 radical (unpaired) electrons. The molecule has 0 heterocycles. The van der Waals surface area contributed by atoms with Crippen molar-refractivity contribution in [1.82, 2.24) is 0 Å². The number of allylic oxidation sites excluding steroid dienone is 1. The lowest BCUT2D eigenvalue weighted by Crippen LogP contribution is -1.97. The van der Waals surface area contributed by atoms with Crippen LogP contribution in [0.15, 0.2) is 36.9 Å². The molecule has 0 saturated carbocycles. The summed E-state index contributed by atoms with van der Waals surface area (Å²) in [6.45, 7) is 4.48. The topological polar surface area (TPSA) is 18.5 Å². The molecular formula is C14H20O2. The molecule has 2 heteroatoms. The van der Waals surface area contributed by atoms with Gasteiger partial charge in [0, 0.05) is 0 Å². The fraction of sp³-hybridized carbons (Fsp3) is 0.429. The Labute approximate surface area is 97.9 Å². The first kappa shape index (κ1) is 12.6. The Bertz CT molecular complexity index is 290. The molecule has 88 valence electrons. The van der Waals surface area contributed by atoms with Crippen LogP contribution < -0.4 is 9.47 Å². The zero-order valence-electron chi connectivity index (χ0n) is 9.95. The van der Waals surface area contributed by atoms with Gasteiger partial charge in [-0.3, -0.25) is 0 Å². The molecule has 0 bridgehead atoms. The summed E-state index contributed by atoms with van der Waals surface area (Å²) in [6, 6.07) is 7.69. The van der Waals surface area contributed by atoms with E-state index in [9.17, 15) is 0 Å². The average molecular weight is 220 g/mol. The molecule has 0 amide bonds. The first-order valence-electron chi connectivity index (χ1n) is 5.74. The van der Waals surface area contributed by atoms with E-state index >= 15 is 0 Å². The van der Waals surface area contributed by atoms with E-state index in [1.165, 1.54) is 12.8 Å². The van der Waals surface area contributed by atoms with Crippen LogP contribution in [-0.4, -0.2) is 13.7 Å². The van der Waals surface area contributed by atoms with Gasteiger partial charge in [-0.15, -0.1) is 6.58 Å². The van der Waals surface area contributed by atoms with Crippen molar-refractivity contribution in [1.29, 1.82) is 0 Å². The molecule has 0 aromatic heterocycles. The molecule has 2 nitrogen and oxygen atoms in total. The lowest BCUT2D eigenvalue weighted by molar-refractivity contribution is 0.305. The second-order valence-electron chi connectivity index (χ2n) is 3.66. The van der Waals surface area contributed by atoms with Gasteiger partial charge in [-0.2, -0.15) is 0 Å². The Hall–Kier alpha value is -1.44. The van der Waals surface area contributed by atoms with Crippen LogP contribution in [-0.2, 0) is 0 Å². The molecule has 0 fully saturated rings. The SMILES string of the molecule is C=CCCCCCOc1ccc(OC)cc1. The monoisotopic (exact) mass is 220 g/mol. The molecule has 0 spiro atoms. The molecule has 1 aromatic carbocycles. The van der Waals surface area contributed by atoms with Crippen molar-refractivity contribution in [3.63, 3.8) is 0 Å². The number of unbranched alkanes of at least 4 members (excludes halogenated alkanes) is 3. The van der Waals surface area contributed by atoms with Crippen LogP contribution in [0.3, 0.4) is 0 Å². The van der Waals surface area contributed by atoms with Gasteiger partial charge < -0.3 is 9.47 Å². The molecule has 0 aliphatic heterocycles. The summed E-state index contributed by atoms with van der Waals surface area (Å²) < 4.78 is 10.7. The summed E-state index contributed by atoms with van der Waals surface area (Å²) in [5.41, 5.74) is 0. The van der Waals surface area contributed by atoms with E-state index in [0.29, 0.717) is 0 Å². The van der Waals surface area contributed by atoms with Crippen molar-refractivity contribution in [2.24, 2.45) is 0 Å². The van der Waals surface area contributed by atoms with Crippen molar-refractivity contribution in [2.75, 3.05) is 13.7 Å². The van der Waals surface area contributed by atoms with Crippen molar-refractivity contribution >= 4 is 0 Å². The molecule has 0 atom stereocenters. The van der Waals surface area contributed by atoms with Gasteiger partial charge in [0.25, 0.3) is 0 Å². The largest absolute Gasteiger partial charge is 0.497 e. The van der Waals surface area contributed by atoms with Crippen LogP contribution >= 0.6 is 0 Å². The van der Waals surface area contributed by atoms with E-state index in [1.54, 1.807) is 7.11 Å². The predicted molar refractivity (Wildman–Crippen MR) is 67.2 cm³/mol. The molecule has 0 saturated heterocycles. The van der Waals surface area contributed by atoms with Crippen molar-refractivity contribution < 1.29 is 9.47 Å². The lowest BCUT2D eigenvalue weighted by Gasteiger charge is -2.06. The van der Waals surface area contributed by atoms with Crippen LogP contribution in [0.4, 0.5) is 0 Å². The summed E-state index contributed by atoms with van der Waals surface area (Å²) >= 11 is 0. The predicted octanol–water partition coefficient (Wildman–Crippen LogP) is 3.82. The number of hydrogen-bond acceptors (Lipinski definition) is 2. The van der Waals surface area contributed by atoms with Crippen LogP contribution in [0.25, 0.3) is 0 Å². The van der Waals surface area contributed by atoms with Gasteiger partial charge in [0.05, 0.1) is 13.7 Å². The van der Waals surface area contributed by atoms with Gasteiger partial charge in [-0.05, 0) is 49.9 Å². The Balaban J connectivity index is 2.14. The fourth-order valence-corrected chi connectivity index (χ4v) is 1.43. The first-order valence-corrected chi connectivity index (χ1v) is 5.74. The van der Waals surface area contributed by atoms with Crippen molar-refractivity contribution in [3.05, 3.63) is 36.9 Å². The second-order valence-corrected chi connectivity index (χ2v) is 3.66. The zero-order valence-corrected chi connectivity index (χ0v) is 9.95. The normalized spacial score (nSPS) is 9.81. The number of benzene rings is 1. The average Bonchev–Trinajstić information content (AvgIpc) is 2.34. The Morgan fingerprint density at radius 2 is 1.75 bits per heavy atom. The second kappa shape index (κ2) is 7.80. The fourth-order valence-electron chi connectivity index (χ4n) is 1.43. The van der Waals surface area contributed by atoms with E-state index < -0.39 is 0 Å². The van der Waals surface area contributed by atoms with Crippen LogP contribution in [0.5, 0.6) is 11.5 Å². The number of rotatable bonds is 8. The smallest absolute Gasteiger partial charge is 0.119 e. The summed E-state index contributed by atoms with van der Waals surface area (Å²) in [4.78, 5) is 0. The molecule has 0 aliphatic carbocycles. The van der Waals surface area contributed by atoms with Crippen molar-refractivity contribution in [3.8, 4) is 11.5 Å². The Kier molecular flexibility index (Phi) is 6.16. The van der Waals surface area contributed by atoms with Gasteiger partial charge in [-0.25, -0.2) is 0 Å². The highest BCUT2D eigenvalue weighted by Gasteiger charge is 1.94. The summed E-state index contributed by atoms with van der Waals surface area (Å²) in [7, 11) is 1.66. The highest BCUT2D eigenvalue weighted by molar-refractivity contribution is 5.31. The molecule has 0 aliphatic rings. The third-order valence-corrected chi connectivity index (χ3v) is 2.38. The Morgan fingerprint density at radius 1 is 1.06 bits per heavy atom. The van der Waals surface area contributed by atoms with Gasteiger partial charge in [0.1, 0.15) is 11.5 Å². The molecule has 16 heavy (non-hydrogen) atoms. The minimum absolute atomic E-state index is 0.781. The van der Waals surface area contributed by atoms with E-state index in [0.717, 1.165) is 30.9 Å². The van der Waals surface area contributed by atoms with Gasteiger partial charge in [0.15, 0.2) is 0 Å². The van der Waals surface area contributed by atoms with Crippen LogP contribution in [0, 0.1) is 0 Å². The first-order chi connectivity index (χ1) is 7.86. The lowest BCUT2D eigenvalue weighted by atomic mass is 10.2. The Morgan fingerprint density at radius 3 is 2.38 bits per heavy atom. The molecule has 1 aromatic rings. The quantitative estimate of drug-likeness (QED) is 0.490. The zero-order chi connectivity index (χ0) is 11.6. The molecule has 0 unspecified atom stereocenters. The van der Waals surface area contributed by atoms with E-state index in [1.807, 2.05) is 30.3 Å². The number of methoxy groups -OCH3 is 1. The highest BCUT2D eigenvalue weighted by atomic mass is 16.5. The molecular weight excluding hydrogens is 200 g/mol. The van der Waals surface area contributed by atoms with Gasteiger partial charge in [0.2, 0.25) is 0 Å². The minimum Gasteiger partial charge on any atom is -0.497 e. The minimum atomic E-state index is 0.781. The number of ether oxygens (including phenoxy) is 2. The van der Waals surface area contributed by atoms with Gasteiger partial charge >= 0.3 is 0 Å². The molecule has 1 rings (SSSR count). The van der Waals surface area contributed by atoms with E-state index in [2.05, 4.69) is 6.58 Å². The maximum atomic E-state index is 5.60. The third kappa shape index (κ3) is 4.87. The van der Waals surface area contributed by atoms with Crippen LogP contribution in [0.2, 0.25) is 0 Å².